The van der Waals surface area contributed by atoms with E-state index < -0.39 is 18.0 Å². The number of rotatable bonds is 2. The summed E-state index contributed by atoms with van der Waals surface area (Å²) >= 11 is 0. The average molecular weight is 172 g/mol. The topological polar surface area (TPSA) is 74.6 Å². The maximum Gasteiger partial charge on any atom is 0.333 e. The number of ketones is 1. The molecular formula is C8H12O4. The van der Waals surface area contributed by atoms with Gasteiger partial charge in [-0.3, -0.25) is 4.79 Å². The summed E-state index contributed by atoms with van der Waals surface area (Å²) in [6, 6.07) is 0. The lowest BCUT2D eigenvalue weighted by molar-refractivity contribution is -0.153. The minimum atomic E-state index is -1.50. The van der Waals surface area contributed by atoms with Crippen molar-refractivity contribution < 1.29 is 19.8 Å². The first-order valence-electron chi connectivity index (χ1n) is 4.06. The second-order valence-electron chi connectivity index (χ2n) is 3.10. The van der Waals surface area contributed by atoms with Crippen LogP contribution in [0.1, 0.15) is 25.7 Å². The monoisotopic (exact) mass is 172 g/mol. The maximum absolute atomic E-state index is 11.1. The third-order valence-corrected chi connectivity index (χ3v) is 2.24. The highest BCUT2D eigenvalue weighted by Crippen LogP contribution is 2.23. The number of hydrogen-bond acceptors (Lipinski definition) is 3. The average Bonchev–Trinajstić information content (AvgIpc) is 2.04. The molecule has 4 heteroatoms. The van der Waals surface area contributed by atoms with Gasteiger partial charge in [0.25, 0.3) is 0 Å². The van der Waals surface area contributed by atoms with E-state index in [9.17, 15) is 9.59 Å². The van der Waals surface area contributed by atoms with Crippen molar-refractivity contribution in [2.75, 3.05) is 0 Å². The molecule has 0 saturated heterocycles. The van der Waals surface area contributed by atoms with Crippen LogP contribution in [0.4, 0.5) is 0 Å². The van der Waals surface area contributed by atoms with E-state index in [1.165, 1.54) is 0 Å². The predicted molar refractivity (Wildman–Crippen MR) is 40.6 cm³/mol. The molecule has 0 spiro atoms. The van der Waals surface area contributed by atoms with Gasteiger partial charge in [-0.25, -0.2) is 4.79 Å². The lowest BCUT2D eigenvalue weighted by Crippen LogP contribution is -2.36. The Kier molecular flexibility index (Phi) is 2.81. The molecule has 2 atom stereocenters. The van der Waals surface area contributed by atoms with Gasteiger partial charge in [0.2, 0.25) is 0 Å². The molecule has 1 saturated carbocycles. The van der Waals surface area contributed by atoms with Crippen LogP contribution in [0.2, 0.25) is 0 Å². The highest BCUT2D eigenvalue weighted by Gasteiger charge is 2.33. The lowest BCUT2D eigenvalue weighted by atomic mass is 9.84. The Hall–Kier alpha value is -0.900. The first-order chi connectivity index (χ1) is 5.63. The molecule has 1 unspecified atom stereocenters. The van der Waals surface area contributed by atoms with Crippen molar-refractivity contribution in [3.8, 4) is 0 Å². The summed E-state index contributed by atoms with van der Waals surface area (Å²) in [7, 11) is 0. The van der Waals surface area contributed by atoms with E-state index in [0.717, 1.165) is 12.8 Å². The van der Waals surface area contributed by atoms with Gasteiger partial charge in [0, 0.05) is 6.42 Å². The van der Waals surface area contributed by atoms with Gasteiger partial charge in [-0.15, -0.1) is 0 Å². The van der Waals surface area contributed by atoms with Crippen LogP contribution in [0.25, 0.3) is 0 Å². The summed E-state index contributed by atoms with van der Waals surface area (Å²) in [5.41, 5.74) is 0. The molecule has 0 radical (unpaired) electrons. The Balaban J connectivity index is 2.59. The zero-order valence-corrected chi connectivity index (χ0v) is 6.69. The maximum atomic E-state index is 11.1. The smallest absolute Gasteiger partial charge is 0.333 e. The van der Waals surface area contributed by atoms with Crippen LogP contribution in [0, 0.1) is 5.92 Å². The van der Waals surface area contributed by atoms with Crippen LogP contribution in [0.15, 0.2) is 0 Å². The summed E-state index contributed by atoms with van der Waals surface area (Å²) in [4.78, 5) is 21.5. The van der Waals surface area contributed by atoms with Crippen molar-refractivity contribution in [1.82, 2.24) is 0 Å². The van der Waals surface area contributed by atoms with E-state index in [-0.39, 0.29) is 5.78 Å². The van der Waals surface area contributed by atoms with Crippen LogP contribution in [-0.2, 0) is 9.59 Å². The Morgan fingerprint density at radius 3 is 2.67 bits per heavy atom. The zero-order chi connectivity index (χ0) is 9.14. The standard InChI is InChI=1S/C8H12O4/c9-6-4-2-1-3-5(6)7(10)8(11)12/h5,7,10H,1-4H2,(H,11,12)/t5?,7-/m1/s1. The third kappa shape index (κ3) is 1.82. The van der Waals surface area contributed by atoms with E-state index in [2.05, 4.69) is 0 Å². The van der Waals surface area contributed by atoms with Crippen LogP contribution < -0.4 is 0 Å². The fourth-order valence-corrected chi connectivity index (χ4v) is 1.52. The molecule has 0 aliphatic heterocycles. The van der Waals surface area contributed by atoms with Gasteiger partial charge < -0.3 is 10.2 Å². The van der Waals surface area contributed by atoms with Crippen molar-refractivity contribution >= 4 is 11.8 Å². The van der Waals surface area contributed by atoms with Gasteiger partial charge in [0.1, 0.15) is 5.78 Å². The number of Topliss-reactive ketones (excluding diaryl/α,β-unsaturated/α-hetero) is 1. The first-order valence-corrected chi connectivity index (χ1v) is 4.06. The lowest BCUT2D eigenvalue weighted by Gasteiger charge is -2.22. The Bertz CT molecular complexity index is 199. The molecule has 1 rings (SSSR count). The summed E-state index contributed by atoms with van der Waals surface area (Å²) < 4.78 is 0. The fraction of sp³-hybridized carbons (Fsp3) is 0.750. The molecule has 1 aliphatic carbocycles. The van der Waals surface area contributed by atoms with Gasteiger partial charge >= 0.3 is 5.97 Å². The summed E-state index contributed by atoms with van der Waals surface area (Å²) in [5.74, 6) is -2.08. The van der Waals surface area contributed by atoms with Crippen LogP contribution in [0.5, 0.6) is 0 Å². The second kappa shape index (κ2) is 3.67. The molecule has 2 N–H and O–H groups in total. The van der Waals surface area contributed by atoms with Gasteiger partial charge in [0.15, 0.2) is 6.10 Å². The number of aliphatic hydroxyl groups is 1. The van der Waals surface area contributed by atoms with Crippen LogP contribution in [-0.4, -0.2) is 28.1 Å². The number of carbonyl (C=O) groups is 2. The molecule has 0 bridgehead atoms. The van der Waals surface area contributed by atoms with E-state index >= 15 is 0 Å². The van der Waals surface area contributed by atoms with E-state index in [4.69, 9.17) is 10.2 Å². The van der Waals surface area contributed by atoms with Crippen molar-refractivity contribution in [3.63, 3.8) is 0 Å². The predicted octanol–water partition coefficient (Wildman–Crippen LogP) is 0.191. The Morgan fingerprint density at radius 2 is 2.17 bits per heavy atom. The molecule has 1 aliphatic rings. The molecule has 4 nitrogen and oxygen atoms in total. The summed E-state index contributed by atoms with van der Waals surface area (Å²) in [5, 5.41) is 17.6. The number of aliphatic hydroxyl groups excluding tert-OH is 1. The van der Waals surface area contributed by atoms with Crippen molar-refractivity contribution in [2.45, 2.75) is 31.8 Å². The van der Waals surface area contributed by atoms with Gasteiger partial charge in [-0.2, -0.15) is 0 Å². The van der Waals surface area contributed by atoms with Gasteiger partial charge in [0.05, 0.1) is 5.92 Å². The van der Waals surface area contributed by atoms with E-state index in [0.29, 0.717) is 12.8 Å². The normalized spacial score (nSPS) is 26.8. The molecular weight excluding hydrogens is 160 g/mol. The molecule has 0 aromatic rings. The molecule has 12 heavy (non-hydrogen) atoms. The van der Waals surface area contributed by atoms with Crippen LogP contribution >= 0.6 is 0 Å². The molecule has 0 heterocycles. The minimum absolute atomic E-state index is 0.115. The largest absolute Gasteiger partial charge is 0.479 e. The number of carbonyl (C=O) groups excluding carboxylic acids is 1. The van der Waals surface area contributed by atoms with E-state index in [1.54, 1.807) is 0 Å². The first kappa shape index (κ1) is 9.19. The Labute approximate surface area is 70.2 Å². The van der Waals surface area contributed by atoms with Crippen LogP contribution in [0.3, 0.4) is 0 Å². The molecule has 68 valence electrons. The number of carboxylic acid groups (broad SMARTS) is 1. The minimum Gasteiger partial charge on any atom is -0.479 e. The van der Waals surface area contributed by atoms with Crippen molar-refractivity contribution in [2.24, 2.45) is 5.92 Å². The molecule has 0 aromatic heterocycles. The molecule has 0 amide bonds. The third-order valence-electron chi connectivity index (χ3n) is 2.24. The summed E-state index contributed by atoms with van der Waals surface area (Å²) in [6.45, 7) is 0. The highest BCUT2D eigenvalue weighted by molar-refractivity contribution is 5.87. The fourth-order valence-electron chi connectivity index (χ4n) is 1.52. The zero-order valence-electron chi connectivity index (χ0n) is 6.69. The van der Waals surface area contributed by atoms with Crippen molar-refractivity contribution in [1.29, 1.82) is 0 Å². The number of hydrogen-bond donors (Lipinski definition) is 2. The highest BCUT2D eigenvalue weighted by atomic mass is 16.4. The van der Waals surface area contributed by atoms with Gasteiger partial charge in [-0.05, 0) is 12.8 Å². The SMILES string of the molecule is O=C1CCCCC1[C@@H](O)C(=O)O. The number of carboxylic acids is 1. The van der Waals surface area contributed by atoms with Crippen molar-refractivity contribution in [3.05, 3.63) is 0 Å². The second-order valence-corrected chi connectivity index (χ2v) is 3.10. The Morgan fingerprint density at radius 1 is 1.50 bits per heavy atom. The molecule has 1 fully saturated rings. The van der Waals surface area contributed by atoms with E-state index in [1.807, 2.05) is 0 Å². The number of aliphatic carboxylic acids is 1. The summed E-state index contributed by atoms with van der Waals surface area (Å²) in [6.07, 6.45) is 1.07. The van der Waals surface area contributed by atoms with Gasteiger partial charge in [-0.1, -0.05) is 6.42 Å². The molecule has 0 aromatic carbocycles. The quantitative estimate of drug-likeness (QED) is 0.623.